The highest BCUT2D eigenvalue weighted by Gasteiger charge is 2.59. The molecule has 1 aliphatic heterocycles. The smallest absolute Gasteiger partial charge is 0.354 e. The topological polar surface area (TPSA) is 57.1 Å². The summed E-state index contributed by atoms with van der Waals surface area (Å²) in [5.41, 5.74) is 0.145. The molecule has 0 aromatic carbocycles. The molecule has 2 aliphatic rings. The Morgan fingerprint density at radius 3 is 2.95 bits per heavy atom. The average Bonchev–Trinajstić information content (AvgIpc) is 3.01. The Labute approximate surface area is 127 Å². The maximum atomic E-state index is 12.4. The first-order valence-electron chi connectivity index (χ1n) is 8.12. The molecule has 0 aromatic heterocycles. The van der Waals surface area contributed by atoms with Crippen LogP contribution < -0.4 is 0 Å². The van der Waals surface area contributed by atoms with Crippen LogP contribution >= 0.6 is 0 Å². The minimum atomic E-state index is -0.858. The second kappa shape index (κ2) is 7.25. The minimum Gasteiger partial charge on any atom is -0.460 e. The van der Waals surface area contributed by atoms with Crippen molar-refractivity contribution in [1.29, 1.82) is 0 Å². The van der Waals surface area contributed by atoms with E-state index < -0.39 is 5.60 Å². The number of fused-ring (bicyclic) bond motifs is 1. The van der Waals surface area contributed by atoms with E-state index in [9.17, 15) is 4.79 Å². The lowest BCUT2D eigenvalue weighted by atomic mass is 9.83. The molecule has 1 heterocycles. The molecule has 2 unspecified atom stereocenters. The summed E-state index contributed by atoms with van der Waals surface area (Å²) in [6.07, 6.45) is 4.78. The lowest BCUT2D eigenvalue weighted by Gasteiger charge is -2.25. The number of carbonyl (C=O) groups excluding carboxylic acids is 1. The van der Waals surface area contributed by atoms with Crippen molar-refractivity contribution >= 4 is 11.7 Å². The van der Waals surface area contributed by atoms with Gasteiger partial charge in [-0.2, -0.15) is 0 Å². The molecule has 0 amide bonds. The van der Waals surface area contributed by atoms with E-state index in [1.54, 1.807) is 0 Å². The van der Waals surface area contributed by atoms with Crippen molar-refractivity contribution in [3.05, 3.63) is 0 Å². The van der Waals surface area contributed by atoms with Crippen LogP contribution in [0.5, 0.6) is 0 Å². The van der Waals surface area contributed by atoms with E-state index in [1.165, 1.54) is 0 Å². The van der Waals surface area contributed by atoms with Gasteiger partial charge in [0.2, 0.25) is 5.60 Å². The molecular formula is C16H27NO4. The largest absolute Gasteiger partial charge is 0.460 e. The maximum Gasteiger partial charge on any atom is 0.354 e. The summed E-state index contributed by atoms with van der Waals surface area (Å²) in [7, 11) is 0. The van der Waals surface area contributed by atoms with Gasteiger partial charge in [-0.05, 0) is 25.2 Å². The standard InChI is InChI=1S/C16H27NO4/c1-4-5-9-19-10-11-20-15(18)16-8-6-7-13(16)14(12(2)3)17-21-16/h12-13H,4-11H2,1-3H3. The molecule has 2 rings (SSSR count). The molecule has 120 valence electrons. The molecule has 2 atom stereocenters. The molecule has 1 saturated carbocycles. The van der Waals surface area contributed by atoms with E-state index in [2.05, 4.69) is 25.9 Å². The number of rotatable bonds is 8. The lowest BCUT2D eigenvalue weighted by Crippen LogP contribution is -2.45. The summed E-state index contributed by atoms with van der Waals surface area (Å²) >= 11 is 0. The van der Waals surface area contributed by atoms with Gasteiger partial charge >= 0.3 is 5.97 Å². The number of hydrogen-bond donors (Lipinski definition) is 0. The third-order valence-corrected chi connectivity index (χ3v) is 4.31. The van der Waals surface area contributed by atoms with Crippen LogP contribution in [0.2, 0.25) is 0 Å². The molecule has 0 aromatic rings. The molecule has 0 bridgehead atoms. The van der Waals surface area contributed by atoms with E-state index in [-0.39, 0.29) is 18.5 Å². The van der Waals surface area contributed by atoms with Crippen LogP contribution in [0.25, 0.3) is 0 Å². The van der Waals surface area contributed by atoms with Gasteiger partial charge in [-0.15, -0.1) is 0 Å². The average molecular weight is 297 g/mol. The second-order valence-electron chi connectivity index (χ2n) is 6.20. The maximum absolute atomic E-state index is 12.4. The zero-order valence-corrected chi connectivity index (χ0v) is 13.4. The van der Waals surface area contributed by atoms with E-state index in [0.717, 1.165) is 38.0 Å². The molecule has 0 radical (unpaired) electrons. The summed E-state index contributed by atoms with van der Waals surface area (Å²) in [5.74, 6) is 0.120. The highest BCUT2D eigenvalue weighted by atomic mass is 16.7. The third kappa shape index (κ3) is 3.39. The van der Waals surface area contributed by atoms with Crippen molar-refractivity contribution in [2.45, 2.75) is 58.5 Å². The first-order valence-corrected chi connectivity index (χ1v) is 8.12. The Morgan fingerprint density at radius 1 is 1.43 bits per heavy atom. The van der Waals surface area contributed by atoms with Gasteiger partial charge in [0, 0.05) is 13.0 Å². The van der Waals surface area contributed by atoms with Crippen molar-refractivity contribution < 1.29 is 19.1 Å². The minimum absolute atomic E-state index is 0.0889. The van der Waals surface area contributed by atoms with Crippen LogP contribution in [0.4, 0.5) is 0 Å². The molecular weight excluding hydrogens is 270 g/mol. The summed E-state index contributed by atoms with van der Waals surface area (Å²) < 4.78 is 10.8. The normalized spacial score (nSPS) is 27.4. The summed E-state index contributed by atoms with van der Waals surface area (Å²) in [6.45, 7) is 7.75. The molecule has 5 heteroatoms. The zero-order valence-electron chi connectivity index (χ0n) is 13.4. The van der Waals surface area contributed by atoms with Crippen molar-refractivity contribution in [3.8, 4) is 0 Å². The number of nitrogens with zero attached hydrogens (tertiary/aromatic N) is 1. The van der Waals surface area contributed by atoms with Gasteiger partial charge in [-0.3, -0.25) is 0 Å². The van der Waals surface area contributed by atoms with Gasteiger partial charge in [-0.1, -0.05) is 32.3 Å². The fourth-order valence-electron chi connectivity index (χ4n) is 3.12. The fraction of sp³-hybridized carbons (Fsp3) is 0.875. The van der Waals surface area contributed by atoms with E-state index in [0.29, 0.717) is 18.9 Å². The predicted molar refractivity (Wildman–Crippen MR) is 80.1 cm³/mol. The van der Waals surface area contributed by atoms with Crippen LogP contribution in [0, 0.1) is 11.8 Å². The Balaban J connectivity index is 1.82. The summed E-state index contributed by atoms with van der Waals surface area (Å²) in [6, 6.07) is 0. The van der Waals surface area contributed by atoms with Gasteiger partial charge < -0.3 is 14.3 Å². The highest BCUT2D eigenvalue weighted by molar-refractivity contribution is 5.97. The van der Waals surface area contributed by atoms with Crippen LogP contribution in [0.15, 0.2) is 5.16 Å². The molecule has 21 heavy (non-hydrogen) atoms. The molecule has 0 saturated heterocycles. The number of oxime groups is 1. The lowest BCUT2D eigenvalue weighted by molar-refractivity contribution is -0.173. The number of unbranched alkanes of at least 4 members (excludes halogenated alkanes) is 1. The first kappa shape index (κ1) is 16.3. The third-order valence-electron chi connectivity index (χ3n) is 4.31. The van der Waals surface area contributed by atoms with Gasteiger partial charge in [0.25, 0.3) is 0 Å². The van der Waals surface area contributed by atoms with E-state index in [1.807, 2.05) is 0 Å². The Morgan fingerprint density at radius 2 is 2.24 bits per heavy atom. The van der Waals surface area contributed by atoms with Crippen molar-refractivity contribution in [2.75, 3.05) is 19.8 Å². The number of ether oxygens (including phenoxy) is 2. The molecule has 5 nitrogen and oxygen atoms in total. The van der Waals surface area contributed by atoms with Crippen LogP contribution in [-0.4, -0.2) is 37.1 Å². The van der Waals surface area contributed by atoms with Gasteiger partial charge in [0.15, 0.2) is 0 Å². The van der Waals surface area contributed by atoms with E-state index in [4.69, 9.17) is 14.3 Å². The van der Waals surface area contributed by atoms with Crippen LogP contribution in [-0.2, 0) is 19.1 Å². The fourth-order valence-corrected chi connectivity index (χ4v) is 3.12. The SMILES string of the molecule is CCCCOCCOC(=O)C12CCCC1C(C(C)C)=NO2. The van der Waals surface area contributed by atoms with Crippen LogP contribution in [0.3, 0.4) is 0 Å². The first-order chi connectivity index (χ1) is 10.1. The Bertz CT molecular complexity index is 394. The zero-order chi connectivity index (χ0) is 15.3. The van der Waals surface area contributed by atoms with Gasteiger partial charge in [0.05, 0.1) is 18.2 Å². The Kier molecular flexibility index (Phi) is 5.62. The second-order valence-corrected chi connectivity index (χ2v) is 6.20. The van der Waals surface area contributed by atoms with Gasteiger partial charge in [-0.25, -0.2) is 4.79 Å². The van der Waals surface area contributed by atoms with Crippen molar-refractivity contribution in [3.63, 3.8) is 0 Å². The molecule has 1 aliphatic carbocycles. The number of hydrogen-bond acceptors (Lipinski definition) is 5. The number of carbonyl (C=O) groups is 1. The van der Waals surface area contributed by atoms with Crippen LogP contribution in [0.1, 0.15) is 52.9 Å². The molecule has 0 N–H and O–H groups in total. The summed E-state index contributed by atoms with van der Waals surface area (Å²) in [5, 5.41) is 4.17. The summed E-state index contributed by atoms with van der Waals surface area (Å²) in [4.78, 5) is 18.0. The quantitative estimate of drug-likeness (QED) is 0.510. The molecule has 0 spiro atoms. The van der Waals surface area contributed by atoms with Crippen molar-refractivity contribution in [1.82, 2.24) is 0 Å². The Hall–Kier alpha value is -1.10. The molecule has 1 fully saturated rings. The van der Waals surface area contributed by atoms with Gasteiger partial charge in [0.1, 0.15) is 6.61 Å². The predicted octanol–water partition coefficient (Wildman–Crippen LogP) is 2.93. The van der Waals surface area contributed by atoms with E-state index >= 15 is 0 Å². The van der Waals surface area contributed by atoms with Crippen molar-refractivity contribution in [2.24, 2.45) is 17.0 Å². The highest BCUT2D eigenvalue weighted by Crippen LogP contribution is 2.46. The monoisotopic (exact) mass is 297 g/mol. The number of esters is 1.